The van der Waals surface area contributed by atoms with E-state index in [4.69, 9.17) is 5.14 Å². The summed E-state index contributed by atoms with van der Waals surface area (Å²) in [4.78, 5) is 0.655. The largest absolute Gasteiger partial charge is 0.248 e. The van der Waals surface area contributed by atoms with Crippen LogP contribution in [0.4, 0.5) is 0 Å². The highest BCUT2D eigenvalue weighted by Gasteiger charge is 2.02. The molecule has 0 aliphatic carbocycles. The van der Waals surface area contributed by atoms with Crippen molar-refractivity contribution < 1.29 is 4.21 Å². The molecule has 1 atom stereocenters. The fourth-order valence-electron chi connectivity index (χ4n) is 1.98. The lowest BCUT2D eigenvalue weighted by Crippen LogP contribution is -2.04. The molecular formula is C17H19NOS. The molecule has 0 saturated carbocycles. The Kier molecular flexibility index (Phi) is 4.88. The molecule has 104 valence electrons. The number of hydrogen-bond acceptors (Lipinski definition) is 1. The molecule has 2 rings (SSSR count). The first-order valence-corrected chi connectivity index (χ1v) is 7.82. The zero-order valence-electron chi connectivity index (χ0n) is 11.7. The summed E-state index contributed by atoms with van der Waals surface area (Å²) in [5, 5.41) is 5.47. The lowest BCUT2D eigenvalue weighted by molar-refractivity contribution is 0.684. The van der Waals surface area contributed by atoms with Gasteiger partial charge < -0.3 is 0 Å². The standard InChI is InChI=1S/C17H19NOS/c1-13(2)15-10-7-14(8-11-15)9-12-16-5-3-4-6-17(16)20(18)19/h3-13H,18H2,1-2H3/b12-9+. The monoisotopic (exact) mass is 285 g/mol. The van der Waals surface area contributed by atoms with Gasteiger partial charge in [0.15, 0.2) is 0 Å². The van der Waals surface area contributed by atoms with E-state index in [1.807, 2.05) is 30.4 Å². The summed E-state index contributed by atoms with van der Waals surface area (Å²) in [6, 6.07) is 15.9. The Hall–Kier alpha value is -1.71. The van der Waals surface area contributed by atoms with E-state index in [1.165, 1.54) is 5.56 Å². The van der Waals surface area contributed by atoms with E-state index in [-0.39, 0.29) is 0 Å². The highest BCUT2D eigenvalue weighted by Crippen LogP contribution is 2.18. The zero-order valence-corrected chi connectivity index (χ0v) is 12.6. The fraction of sp³-hybridized carbons (Fsp3) is 0.176. The van der Waals surface area contributed by atoms with Crippen LogP contribution in [-0.4, -0.2) is 4.21 Å². The van der Waals surface area contributed by atoms with Gasteiger partial charge in [0.25, 0.3) is 0 Å². The van der Waals surface area contributed by atoms with Crippen molar-refractivity contribution >= 4 is 23.1 Å². The molecule has 0 radical (unpaired) electrons. The van der Waals surface area contributed by atoms with Crippen molar-refractivity contribution in [3.63, 3.8) is 0 Å². The lowest BCUT2D eigenvalue weighted by Gasteiger charge is -2.05. The molecule has 2 aromatic rings. The van der Waals surface area contributed by atoms with Crippen LogP contribution in [0.15, 0.2) is 53.4 Å². The third-order valence-corrected chi connectivity index (χ3v) is 4.00. The zero-order chi connectivity index (χ0) is 14.5. The van der Waals surface area contributed by atoms with Gasteiger partial charge in [0, 0.05) is 0 Å². The van der Waals surface area contributed by atoms with Gasteiger partial charge >= 0.3 is 0 Å². The van der Waals surface area contributed by atoms with E-state index in [0.29, 0.717) is 10.8 Å². The maximum absolute atomic E-state index is 11.5. The van der Waals surface area contributed by atoms with Crippen LogP contribution in [0.2, 0.25) is 0 Å². The van der Waals surface area contributed by atoms with Gasteiger partial charge in [-0.05, 0) is 28.7 Å². The molecule has 2 nitrogen and oxygen atoms in total. The van der Waals surface area contributed by atoms with E-state index in [2.05, 4.69) is 38.1 Å². The molecule has 0 fully saturated rings. The van der Waals surface area contributed by atoms with E-state index in [0.717, 1.165) is 11.1 Å². The predicted molar refractivity (Wildman–Crippen MR) is 86.5 cm³/mol. The number of rotatable bonds is 4. The molecule has 0 saturated heterocycles. The highest BCUT2D eigenvalue weighted by molar-refractivity contribution is 7.82. The Morgan fingerprint density at radius 3 is 2.25 bits per heavy atom. The van der Waals surface area contributed by atoms with Gasteiger partial charge in [-0.2, -0.15) is 0 Å². The van der Waals surface area contributed by atoms with Crippen molar-refractivity contribution in [2.75, 3.05) is 0 Å². The van der Waals surface area contributed by atoms with Crippen molar-refractivity contribution in [3.8, 4) is 0 Å². The van der Waals surface area contributed by atoms with Gasteiger partial charge in [0.2, 0.25) is 0 Å². The summed E-state index contributed by atoms with van der Waals surface area (Å²) in [7, 11) is -1.46. The van der Waals surface area contributed by atoms with Crippen molar-refractivity contribution in [2.24, 2.45) is 5.14 Å². The fourth-order valence-corrected chi connectivity index (χ4v) is 2.56. The molecule has 0 bridgehead atoms. The summed E-state index contributed by atoms with van der Waals surface area (Å²) in [6.45, 7) is 4.36. The minimum Gasteiger partial charge on any atom is -0.248 e. The Morgan fingerprint density at radius 2 is 1.65 bits per heavy atom. The summed E-state index contributed by atoms with van der Waals surface area (Å²) in [6.07, 6.45) is 3.96. The van der Waals surface area contributed by atoms with Gasteiger partial charge in [-0.1, -0.05) is 68.5 Å². The number of hydrogen-bond donors (Lipinski definition) is 1. The van der Waals surface area contributed by atoms with Gasteiger partial charge in [0.1, 0.15) is 11.0 Å². The predicted octanol–water partition coefficient (Wildman–Crippen LogP) is 3.96. The van der Waals surface area contributed by atoms with Crippen molar-refractivity contribution in [1.82, 2.24) is 0 Å². The Balaban J connectivity index is 2.23. The Labute approximate surface area is 122 Å². The molecule has 0 heterocycles. The molecule has 0 aromatic heterocycles. The molecule has 1 unspecified atom stereocenters. The minimum atomic E-state index is -1.46. The van der Waals surface area contributed by atoms with Crippen LogP contribution < -0.4 is 5.14 Å². The van der Waals surface area contributed by atoms with Gasteiger partial charge in [-0.15, -0.1) is 0 Å². The molecule has 20 heavy (non-hydrogen) atoms. The van der Waals surface area contributed by atoms with Crippen LogP contribution in [0.3, 0.4) is 0 Å². The van der Waals surface area contributed by atoms with Crippen molar-refractivity contribution in [2.45, 2.75) is 24.7 Å². The summed E-state index contributed by atoms with van der Waals surface area (Å²) in [5.41, 5.74) is 3.33. The van der Waals surface area contributed by atoms with E-state index >= 15 is 0 Å². The molecule has 0 spiro atoms. The molecule has 3 heteroatoms. The van der Waals surface area contributed by atoms with Crippen LogP contribution in [0, 0.1) is 0 Å². The maximum atomic E-state index is 11.5. The van der Waals surface area contributed by atoms with E-state index in [9.17, 15) is 4.21 Å². The average Bonchev–Trinajstić information content (AvgIpc) is 2.45. The van der Waals surface area contributed by atoms with Crippen LogP contribution in [0.5, 0.6) is 0 Å². The second-order valence-corrected chi connectivity index (χ2v) is 6.02. The Bertz CT molecular complexity index is 630. The van der Waals surface area contributed by atoms with Crippen LogP contribution in [0.25, 0.3) is 12.2 Å². The SMILES string of the molecule is CC(C)c1ccc(/C=C/c2ccccc2S(N)=O)cc1. The average molecular weight is 285 g/mol. The minimum absolute atomic E-state index is 0.536. The first-order valence-electron chi connectivity index (χ1n) is 6.61. The molecule has 2 aromatic carbocycles. The second-order valence-electron chi connectivity index (χ2n) is 4.99. The molecular weight excluding hydrogens is 266 g/mol. The van der Waals surface area contributed by atoms with E-state index < -0.39 is 11.0 Å². The highest BCUT2D eigenvalue weighted by atomic mass is 32.2. The molecule has 0 amide bonds. The van der Waals surface area contributed by atoms with Gasteiger partial charge in [-0.3, -0.25) is 0 Å². The van der Waals surface area contributed by atoms with Gasteiger partial charge in [-0.25, -0.2) is 9.35 Å². The summed E-state index contributed by atoms with van der Waals surface area (Å²) >= 11 is 0. The Morgan fingerprint density at radius 1 is 1.00 bits per heavy atom. The first kappa shape index (κ1) is 14.7. The quantitative estimate of drug-likeness (QED) is 0.849. The van der Waals surface area contributed by atoms with Crippen LogP contribution in [0.1, 0.15) is 36.5 Å². The van der Waals surface area contributed by atoms with Crippen LogP contribution in [-0.2, 0) is 11.0 Å². The van der Waals surface area contributed by atoms with Gasteiger partial charge in [0.05, 0.1) is 4.90 Å². The third kappa shape index (κ3) is 3.65. The topological polar surface area (TPSA) is 43.1 Å². The number of benzene rings is 2. The molecule has 0 aliphatic heterocycles. The molecule has 0 aliphatic rings. The second kappa shape index (κ2) is 6.64. The lowest BCUT2D eigenvalue weighted by atomic mass is 10.0. The van der Waals surface area contributed by atoms with Crippen molar-refractivity contribution in [1.29, 1.82) is 0 Å². The van der Waals surface area contributed by atoms with E-state index in [1.54, 1.807) is 6.07 Å². The van der Waals surface area contributed by atoms with Crippen LogP contribution >= 0.6 is 0 Å². The maximum Gasteiger partial charge on any atom is 0.122 e. The third-order valence-electron chi connectivity index (χ3n) is 3.19. The summed E-state index contributed by atoms with van der Waals surface area (Å²) in [5.74, 6) is 0.536. The van der Waals surface area contributed by atoms with Crippen molar-refractivity contribution in [3.05, 3.63) is 65.2 Å². The summed E-state index contributed by atoms with van der Waals surface area (Å²) < 4.78 is 11.5. The normalized spacial score (nSPS) is 13.0. The smallest absolute Gasteiger partial charge is 0.122 e. The first-order chi connectivity index (χ1) is 9.58. The molecule has 2 N–H and O–H groups in total. The number of nitrogens with two attached hydrogens (primary N) is 1.